The number of carbonyl (C=O) groups is 1. The van der Waals surface area contributed by atoms with Gasteiger partial charge in [-0.3, -0.25) is 4.79 Å². The fourth-order valence-corrected chi connectivity index (χ4v) is 5.25. The first-order chi connectivity index (χ1) is 12.5. The van der Waals surface area contributed by atoms with Crippen LogP contribution < -0.4 is 5.32 Å². The molecule has 5 nitrogen and oxygen atoms in total. The number of nitrogens with one attached hydrogen (secondary N) is 1. The van der Waals surface area contributed by atoms with E-state index in [1.807, 2.05) is 27.7 Å². The van der Waals surface area contributed by atoms with Crippen LogP contribution in [0.15, 0.2) is 23.1 Å². The van der Waals surface area contributed by atoms with E-state index in [1.165, 1.54) is 22.5 Å². The van der Waals surface area contributed by atoms with E-state index in [4.69, 9.17) is 11.6 Å². The second kappa shape index (κ2) is 8.93. The molecule has 0 radical (unpaired) electrons. The Balaban J connectivity index is 2.28. The molecular formula is C20H31ClN2O3S. The number of piperidine rings is 1. The summed E-state index contributed by atoms with van der Waals surface area (Å²) in [5.74, 6) is 0.716. The SMILES string of the molecule is CC1CCN(S(=O)(=O)c2ccc(Cl)c(C(=O)NC(C(C)C)C(C)C)c2)CC1. The number of nitrogens with zero attached hydrogens (tertiary/aromatic N) is 1. The van der Waals surface area contributed by atoms with Gasteiger partial charge in [0.1, 0.15) is 0 Å². The van der Waals surface area contributed by atoms with Gasteiger partial charge in [0.15, 0.2) is 0 Å². The highest BCUT2D eigenvalue weighted by Gasteiger charge is 2.29. The normalized spacial score (nSPS) is 17.1. The molecule has 1 aromatic carbocycles. The largest absolute Gasteiger partial charge is 0.349 e. The number of rotatable bonds is 6. The first-order valence-corrected chi connectivity index (χ1v) is 11.5. The van der Waals surface area contributed by atoms with E-state index in [1.54, 1.807) is 0 Å². The van der Waals surface area contributed by atoms with Crippen LogP contribution in [0.3, 0.4) is 0 Å². The molecule has 0 atom stereocenters. The van der Waals surface area contributed by atoms with Gasteiger partial charge in [0, 0.05) is 19.1 Å². The maximum absolute atomic E-state index is 13.0. The highest BCUT2D eigenvalue weighted by molar-refractivity contribution is 7.89. The van der Waals surface area contributed by atoms with Gasteiger partial charge in [-0.25, -0.2) is 8.42 Å². The van der Waals surface area contributed by atoms with Crippen molar-refractivity contribution in [1.82, 2.24) is 9.62 Å². The van der Waals surface area contributed by atoms with E-state index in [-0.39, 0.29) is 39.3 Å². The molecule has 0 bridgehead atoms. The van der Waals surface area contributed by atoms with Gasteiger partial charge in [0.2, 0.25) is 10.0 Å². The zero-order valence-corrected chi connectivity index (χ0v) is 18.4. The molecule has 1 fully saturated rings. The quantitative estimate of drug-likeness (QED) is 0.759. The summed E-state index contributed by atoms with van der Waals surface area (Å²) >= 11 is 6.22. The fraction of sp³-hybridized carbons (Fsp3) is 0.650. The Morgan fingerprint density at radius 3 is 2.22 bits per heavy atom. The first-order valence-electron chi connectivity index (χ1n) is 9.64. The molecule has 27 heavy (non-hydrogen) atoms. The van der Waals surface area contributed by atoms with Gasteiger partial charge in [0.05, 0.1) is 15.5 Å². The van der Waals surface area contributed by atoms with Crippen molar-refractivity contribution in [2.75, 3.05) is 13.1 Å². The molecule has 0 aromatic heterocycles. The number of sulfonamides is 1. The molecule has 0 unspecified atom stereocenters. The van der Waals surface area contributed by atoms with Gasteiger partial charge in [0.25, 0.3) is 5.91 Å². The van der Waals surface area contributed by atoms with Crippen LogP contribution in [0, 0.1) is 17.8 Å². The van der Waals surface area contributed by atoms with Crippen LogP contribution in [0.5, 0.6) is 0 Å². The maximum Gasteiger partial charge on any atom is 0.253 e. The predicted octanol–water partition coefficient (Wildman–Crippen LogP) is 4.17. The zero-order valence-electron chi connectivity index (χ0n) is 16.8. The molecule has 0 saturated carbocycles. The minimum atomic E-state index is -3.62. The van der Waals surface area contributed by atoms with Crippen molar-refractivity contribution < 1.29 is 13.2 Å². The Hall–Kier alpha value is -1.11. The Morgan fingerprint density at radius 1 is 1.15 bits per heavy atom. The van der Waals surface area contributed by atoms with Crippen molar-refractivity contribution in [3.8, 4) is 0 Å². The summed E-state index contributed by atoms with van der Waals surface area (Å²) in [6, 6.07) is 4.37. The standard InChI is InChI=1S/C20H31ClN2O3S/c1-13(2)19(14(3)4)22-20(24)17-12-16(6-7-18(17)21)27(25,26)23-10-8-15(5)9-11-23/h6-7,12-15,19H,8-11H2,1-5H3,(H,22,24). The molecule has 2 rings (SSSR count). The Morgan fingerprint density at radius 2 is 1.70 bits per heavy atom. The molecule has 0 aliphatic carbocycles. The van der Waals surface area contributed by atoms with Gasteiger partial charge >= 0.3 is 0 Å². The molecule has 1 heterocycles. The summed E-state index contributed by atoms with van der Waals surface area (Å²) in [4.78, 5) is 12.9. The smallest absolute Gasteiger partial charge is 0.253 e. The van der Waals surface area contributed by atoms with E-state index in [9.17, 15) is 13.2 Å². The van der Waals surface area contributed by atoms with Crippen LogP contribution in [-0.2, 0) is 10.0 Å². The third-order valence-electron chi connectivity index (χ3n) is 5.30. The predicted molar refractivity (Wildman–Crippen MR) is 110 cm³/mol. The number of hydrogen-bond donors (Lipinski definition) is 1. The lowest BCUT2D eigenvalue weighted by atomic mass is 9.93. The van der Waals surface area contributed by atoms with Gasteiger partial charge in [-0.1, -0.05) is 46.2 Å². The molecule has 152 valence electrons. The average molecular weight is 415 g/mol. The van der Waals surface area contributed by atoms with Crippen LogP contribution in [-0.4, -0.2) is 37.8 Å². The number of carbonyl (C=O) groups excluding carboxylic acids is 1. The lowest BCUT2D eigenvalue weighted by Gasteiger charge is -2.29. The fourth-order valence-electron chi connectivity index (χ4n) is 3.55. The molecule has 1 amide bonds. The molecule has 1 aliphatic rings. The second-order valence-electron chi connectivity index (χ2n) is 8.22. The summed E-state index contributed by atoms with van der Waals surface area (Å²) in [6.45, 7) is 11.3. The van der Waals surface area contributed by atoms with E-state index >= 15 is 0 Å². The van der Waals surface area contributed by atoms with Crippen LogP contribution in [0.4, 0.5) is 0 Å². The molecule has 1 aromatic rings. The number of amides is 1. The zero-order chi connectivity index (χ0) is 20.4. The van der Waals surface area contributed by atoms with Crippen molar-refractivity contribution in [1.29, 1.82) is 0 Å². The van der Waals surface area contributed by atoms with Crippen molar-refractivity contribution in [2.45, 2.75) is 58.4 Å². The minimum absolute atomic E-state index is 0.0163. The van der Waals surface area contributed by atoms with Crippen molar-refractivity contribution in [2.24, 2.45) is 17.8 Å². The first kappa shape index (κ1) is 22.2. The van der Waals surface area contributed by atoms with E-state index in [2.05, 4.69) is 12.2 Å². The highest BCUT2D eigenvalue weighted by Crippen LogP contribution is 2.27. The Labute approximate surface area is 168 Å². The number of halogens is 1. The van der Waals surface area contributed by atoms with Crippen molar-refractivity contribution >= 4 is 27.5 Å². The van der Waals surface area contributed by atoms with Crippen molar-refractivity contribution in [3.05, 3.63) is 28.8 Å². The molecular weight excluding hydrogens is 384 g/mol. The minimum Gasteiger partial charge on any atom is -0.349 e. The van der Waals surface area contributed by atoms with E-state index in [0.717, 1.165) is 12.8 Å². The lowest BCUT2D eigenvalue weighted by Crippen LogP contribution is -2.42. The van der Waals surface area contributed by atoms with Crippen LogP contribution >= 0.6 is 11.6 Å². The molecule has 1 saturated heterocycles. The maximum atomic E-state index is 13.0. The molecule has 1 aliphatic heterocycles. The second-order valence-corrected chi connectivity index (χ2v) is 10.6. The topological polar surface area (TPSA) is 66.5 Å². The summed E-state index contributed by atoms with van der Waals surface area (Å²) in [5, 5.41) is 3.26. The number of hydrogen-bond acceptors (Lipinski definition) is 3. The van der Waals surface area contributed by atoms with Gasteiger partial charge in [-0.2, -0.15) is 4.31 Å². The summed E-state index contributed by atoms with van der Waals surface area (Å²) in [7, 11) is -3.62. The summed E-state index contributed by atoms with van der Waals surface area (Å²) < 4.78 is 27.4. The van der Waals surface area contributed by atoms with Crippen LogP contribution in [0.1, 0.15) is 57.8 Å². The number of benzene rings is 1. The Kier molecular flexibility index (Phi) is 7.33. The van der Waals surface area contributed by atoms with Gasteiger partial charge in [-0.15, -0.1) is 0 Å². The molecule has 1 N–H and O–H groups in total. The Bertz CT molecular complexity index is 761. The monoisotopic (exact) mass is 414 g/mol. The summed E-state index contributed by atoms with van der Waals surface area (Å²) in [5.41, 5.74) is 0.203. The van der Waals surface area contributed by atoms with Gasteiger partial charge < -0.3 is 5.32 Å². The third-order valence-corrected chi connectivity index (χ3v) is 7.52. The molecule has 7 heteroatoms. The average Bonchev–Trinajstić information content (AvgIpc) is 2.59. The summed E-state index contributed by atoms with van der Waals surface area (Å²) in [6.07, 6.45) is 1.70. The molecule has 0 spiro atoms. The highest BCUT2D eigenvalue weighted by atomic mass is 35.5. The van der Waals surface area contributed by atoms with E-state index < -0.39 is 10.0 Å². The van der Waals surface area contributed by atoms with E-state index in [0.29, 0.717) is 19.0 Å². The van der Waals surface area contributed by atoms with Gasteiger partial charge in [-0.05, 0) is 48.8 Å². The lowest BCUT2D eigenvalue weighted by molar-refractivity contribution is 0.0910. The third kappa shape index (κ3) is 5.24. The van der Waals surface area contributed by atoms with Crippen LogP contribution in [0.2, 0.25) is 5.02 Å². The van der Waals surface area contributed by atoms with Crippen molar-refractivity contribution in [3.63, 3.8) is 0 Å². The van der Waals surface area contributed by atoms with Crippen LogP contribution in [0.25, 0.3) is 0 Å².